The van der Waals surface area contributed by atoms with Gasteiger partial charge in [0.05, 0.1) is 0 Å². The zero-order chi connectivity index (χ0) is 39.7. The molecule has 0 saturated carbocycles. The summed E-state index contributed by atoms with van der Waals surface area (Å²) in [6.45, 7) is 22.8. The Labute approximate surface area is 335 Å². The molecule has 16 N–H and O–H groups in total. The van der Waals surface area contributed by atoms with Gasteiger partial charge in [-0.3, -0.25) is 0 Å². The minimum Gasteiger partial charge on any atom is -0.330 e. The Hall–Kier alpha value is -0.520. The second-order valence-corrected chi connectivity index (χ2v) is 15.7. The van der Waals surface area contributed by atoms with Crippen LogP contribution in [0.4, 0.5) is 0 Å². The number of unbranched alkanes of at least 4 members (excludes halogenated alkanes) is 1. The van der Waals surface area contributed by atoms with Crippen molar-refractivity contribution in [3.63, 3.8) is 0 Å². The molecule has 0 amide bonds. The van der Waals surface area contributed by atoms with Gasteiger partial charge in [-0.15, -0.1) is 0 Å². The van der Waals surface area contributed by atoms with E-state index in [9.17, 15) is 0 Å². The van der Waals surface area contributed by atoms with Gasteiger partial charge in [-0.25, -0.2) is 0 Å². The molecular formula is C41H97N13. The van der Waals surface area contributed by atoms with Gasteiger partial charge in [0.2, 0.25) is 0 Å². The fourth-order valence-corrected chi connectivity index (χ4v) is 7.64. The molecule has 0 aliphatic rings. The van der Waals surface area contributed by atoms with E-state index in [2.05, 4.69) is 24.5 Å². The van der Waals surface area contributed by atoms with Crippen molar-refractivity contribution >= 4 is 0 Å². The molecule has 0 saturated heterocycles. The van der Waals surface area contributed by atoms with E-state index < -0.39 is 0 Å². The van der Waals surface area contributed by atoms with Crippen molar-refractivity contribution in [2.45, 2.75) is 109 Å². The Kier molecular flexibility index (Phi) is 41.7. The summed E-state index contributed by atoms with van der Waals surface area (Å²) in [7, 11) is 0. The summed E-state index contributed by atoms with van der Waals surface area (Å²) in [4.78, 5) is 13.2. The fourth-order valence-electron chi connectivity index (χ4n) is 7.64. The molecule has 0 heterocycles. The van der Waals surface area contributed by atoms with Crippen molar-refractivity contribution in [3.05, 3.63) is 0 Å². The molecule has 0 aromatic rings. The molecule has 0 bridgehead atoms. The van der Waals surface area contributed by atoms with Crippen LogP contribution in [0.3, 0.4) is 0 Å². The smallest absolute Gasteiger partial charge is 0.000653 e. The van der Waals surface area contributed by atoms with E-state index in [1.54, 1.807) is 0 Å². The molecule has 0 radical (unpaired) electrons. The molecule has 0 aliphatic heterocycles. The van der Waals surface area contributed by atoms with Crippen LogP contribution in [0.2, 0.25) is 0 Å². The van der Waals surface area contributed by atoms with Crippen LogP contribution in [0.25, 0.3) is 0 Å². The average Bonchev–Trinajstić information content (AvgIpc) is 3.18. The normalized spacial score (nSPS) is 12.3. The van der Waals surface area contributed by atoms with E-state index in [0.717, 1.165) is 195 Å². The van der Waals surface area contributed by atoms with Crippen molar-refractivity contribution < 1.29 is 0 Å². The Morgan fingerprint density at radius 3 is 0.630 bits per heavy atom. The molecule has 326 valence electrons. The van der Waals surface area contributed by atoms with Crippen LogP contribution in [0, 0.1) is 5.92 Å². The fraction of sp³-hybridized carbons (Fsp3) is 1.00. The first-order chi connectivity index (χ1) is 26.5. The summed E-state index contributed by atoms with van der Waals surface area (Å²) in [6, 6.07) is 0. The Morgan fingerprint density at radius 2 is 0.389 bits per heavy atom. The summed E-state index contributed by atoms with van der Waals surface area (Å²) in [5.74, 6) is 0.749. The molecule has 0 unspecified atom stereocenters. The lowest BCUT2D eigenvalue weighted by molar-refractivity contribution is 0.194. The molecule has 0 aliphatic carbocycles. The van der Waals surface area contributed by atoms with Crippen molar-refractivity contribution in [2.24, 2.45) is 51.8 Å². The number of rotatable bonds is 45. The van der Waals surface area contributed by atoms with Gasteiger partial charge >= 0.3 is 0 Å². The molecule has 0 aromatic carbocycles. The zero-order valence-electron chi connectivity index (χ0n) is 35.7. The van der Waals surface area contributed by atoms with Gasteiger partial charge in [-0.05, 0) is 266 Å². The first-order valence-electron chi connectivity index (χ1n) is 22.7. The van der Waals surface area contributed by atoms with Gasteiger partial charge in [0.25, 0.3) is 0 Å². The molecule has 0 atom stereocenters. The minimum atomic E-state index is 0.747. The maximum Gasteiger partial charge on any atom is -0.000653 e. The highest BCUT2D eigenvalue weighted by molar-refractivity contribution is 4.70. The lowest BCUT2D eigenvalue weighted by Gasteiger charge is -2.28. The van der Waals surface area contributed by atoms with Crippen molar-refractivity contribution in [1.82, 2.24) is 24.5 Å². The predicted molar refractivity (Wildman–Crippen MR) is 237 cm³/mol. The van der Waals surface area contributed by atoms with E-state index in [-0.39, 0.29) is 0 Å². The number of hydrogen-bond donors (Lipinski definition) is 8. The van der Waals surface area contributed by atoms with E-state index in [1.807, 2.05) is 0 Å². The summed E-state index contributed by atoms with van der Waals surface area (Å²) >= 11 is 0. The Bertz CT molecular complexity index is 581. The molecule has 54 heavy (non-hydrogen) atoms. The first kappa shape index (κ1) is 53.5. The van der Waals surface area contributed by atoms with E-state index >= 15 is 0 Å². The molecular weight excluding hydrogens is 675 g/mol. The average molecular weight is 772 g/mol. The number of hydrogen-bond acceptors (Lipinski definition) is 13. The van der Waals surface area contributed by atoms with Crippen LogP contribution in [0.15, 0.2) is 0 Å². The van der Waals surface area contributed by atoms with Gasteiger partial charge in [-0.2, -0.15) is 0 Å². The van der Waals surface area contributed by atoms with Gasteiger partial charge in [-0.1, -0.05) is 0 Å². The van der Waals surface area contributed by atoms with Crippen LogP contribution in [0.5, 0.6) is 0 Å². The third kappa shape index (κ3) is 33.6. The van der Waals surface area contributed by atoms with Crippen LogP contribution in [0.1, 0.15) is 109 Å². The molecule has 0 fully saturated rings. The van der Waals surface area contributed by atoms with Gasteiger partial charge in [0, 0.05) is 0 Å². The highest BCUT2D eigenvalue weighted by Crippen LogP contribution is 2.19. The monoisotopic (exact) mass is 772 g/mol. The lowest BCUT2D eigenvalue weighted by Crippen LogP contribution is -2.36. The predicted octanol–water partition coefficient (Wildman–Crippen LogP) is 1.41. The standard InChI is InChI=1S/C41H97N13/c42-18-3-15-41(16-4-19-43)17-5-28-50(35-12-38-52(29-6-20-44)30-7-21-45)26-1-2-27-51(36-13-39-53(31-8-22-46)32-9-23-47)37-14-40-54(33-10-24-48)34-11-25-49/h41H,1-40,42-49H2. The van der Waals surface area contributed by atoms with Gasteiger partial charge < -0.3 is 70.4 Å². The maximum absolute atomic E-state index is 5.89. The van der Waals surface area contributed by atoms with Crippen LogP contribution < -0.4 is 45.9 Å². The van der Waals surface area contributed by atoms with Crippen LogP contribution in [-0.4, -0.2) is 175 Å². The van der Waals surface area contributed by atoms with Crippen molar-refractivity contribution in [1.29, 1.82) is 0 Å². The van der Waals surface area contributed by atoms with Gasteiger partial charge in [0.15, 0.2) is 0 Å². The molecule has 13 heteroatoms. The molecule has 0 spiro atoms. The van der Waals surface area contributed by atoms with Crippen molar-refractivity contribution in [3.8, 4) is 0 Å². The number of nitrogens with zero attached hydrogens (tertiary/aromatic N) is 5. The van der Waals surface area contributed by atoms with E-state index in [1.165, 1.54) is 70.9 Å². The summed E-state index contributed by atoms with van der Waals surface area (Å²) in [5.41, 5.74) is 46.9. The highest BCUT2D eigenvalue weighted by Gasteiger charge is 2.14. The third-order valence-electron chi connectivity index (χ3n) is 10.8. The second-order valence-electron chi connectivity index (χ2n) is 15.7. The summed E-state index contributed by atoms with van der Waals surface area (Å²) < 4.78 is 0. The first-order valence-corrected chi connectivity index (χ1v) is 22.7. The Balaban J connectivity index is 5.42. The largest absolute Gasteiger partial charge is 0.330 e. The molecule has 0 aromatic heterocycles. The summed E-state index contributed by atoms with van der Waals surface area (Å²) in [5, 5.41) is 0. The van der Waals surface area contributed by atoms with E-state index in [4.69, 9.17) is 45.9 Å². The maximum atomic E-state index is 5.89. The van der Waals surface area contributed by atoms with Crippen molar-refractivity contribution in [2.75, 3.05) is 151 Å². The highest BCUT2D eigenvalue weighted by atomic mass is 15.2. The molecule has 13 nitrogen and oxygen atoms in total. The van der Waals surface area contributed by atoms with Crippen LogP contribution in [-0.2, 0) is 0 Å². The second kappa shape index (κ2) is 42.1. The minimum absolute atomic E-state index is 0.747. The third-order valence-corrected chi connectivity index (χ3v) is 10.8. The SMILES string of the molecule is NCCCC(CCCN)CCCN(CCCCN(CCCN(CCCN)CCCN)CCCN(CCCN)CCCN)CCCN(CCCN)CCCN. The summed E-state index contributed by atoms with van der Waals surface area (Å²) in [6.07, 6.45) is 19.6. The number of nitrogens with two attached hydrogens (primary N) is 8. The quantitative estimate of drug-likeness (QED) is 0.0411. The van der Waals surface area contributed by atoms with E-state index in [0.29, 0.717) is 0 Å². The Morgan fingerprint density at radius 1 is 0.204 bits per heavy atom. The lowest BCUT2D eigenvalue weighted by atomic mass is 9.92. The zero-order valence-corrected chi connectivity index (χ0v) is 35.7. The van der Waals surface area contributed by atoms with Crippen LogP contribution >= 0.6 is 0 Å². The molecule has 0 rings (SSSR count). The topological polar surface area (TPSA) is 224 Å². The van der Waals surface area contributed by atoms with Gasteiger partial charge in [0.1, 0.15) is 0 Å².